The van der Waals surface area contributed by atoms with E-state index in [0.717, 1.165) is 58.1 Å². The molecule has 1 rings (SSSR count). The molecule has 1 N–H and O–H groups in total. The number of guanidine groups is 1. The Morgan fingerprint density at radius 2 is 1.93 bits per heavy atom. The van der Waals surface area contributed by atoms with Crippen molar-refractivity contribution in [2.45, 2.75) is 58.7 Å². The van der Waals surface area contributed by atoms with Gasteiger partial charge >= 0.3 is 6.09 Å². The number of nitrogens with zero attached hydrogens (tertiary/aromatic N) is 3. The molecular weight excluding hydrogens is 360 g/mol. The molecule has 0 atom stereocenters. The maximum Gasteiger partial charge on any atom is 0.410 e. The number of amides is 1. The molecule has 0 aromatic carbocycles. The topological polar surface area (TPSA) is 75.6 Å². The van der Waals surface area contributed by atoms with Crippen molar-refractivity contribution >= 4 is 12.1 Å². The van der Waals surface area contributed by atoms with Crippen molar-refractivity contribution in [2.75, 3.05) is 60.1 Å². The van der Waals surface area contributed by atoms with Gasteiger partial charge in [-0.15, -0.1) is 0 Å². The highest BCUT2D eigenvalue weighted by Crippen LogP contribution is 2.14. The van der Waals surface area contributed by atoms with Crippen molar-refractivity contribution < 1.29 is 19.0 Å². The Kier molecular flexibility index (Phi) is 11.2. The molecule has 1 amide bonds. The van der Waals surface area contributed by atoms with Crippen LogP contribution in [0.25, 0.3) is 0 Å². The summed E-state index contributed by atoms with van der Waals surface area (Å²) >= 11 is 0. The van der Waals surface area contributed by atoms with Crippen molar-refractivity contribution in [3.63, 3.8) is 0 Å². The Balaban J connectivity index is 2.42. The van der Waals surface area contributed by atoms with Crippen LogP contribution < -0.4 is 5.32 Å². The number of rotatable bonds is 9. The first-order valence-corrected chi connectivity index (χ1v) is 10.3. The summed E-state index contributed by atoms with van der Waals surface area (Å²) in [6, 6.07) is 0. The number of likely N-dealkylation sites (tertiary alicyclic amines) is 1. The number of likely N-dealkylation sites (N-methyl/N-ethyl adjacent to an activating group) is 1. The summed E-state index contributed by atoms with van der Waals surface area (Å²) in [5, 5.41) is 3.35. The van der Waals surface area contributed by atoms with Gasteiger partial charge in [-0.2, -0.15) is 0 Å². The average molecular weight is 401 g/mol. The Labute approximate surface area is 170 Å². The van der Waals surface area contributed by atoms with E-state index in [-0.39, 0.29) is 6.09 Å². The zero-order valence-electron chi connectivity index (χ0n) is 18.6. The third-order valence-corrected chi connectivity index (χ3v) is 4.32. The summed E-state index contributed by atoms with van der Waals surface area (Å²) in [6.07, 6.45) is 2.92. The van der Waals surface area contributed by atoms with Crippen molar-refractivity contribution in [1.29, 1.82) is 0 Å². The number of piperidine rings is 1. The van der Waals surface area contributed by atoms with Gasteiger partial charge in [0.05, 0.1) is 12.6 Å². The minimum atomic E-state index is -0.487. The predicted octanol–water partition coefficient (Wildman–Crippen LogP) is 2.34. The Hall–Kier alpha value is -1.54. The molecular formula is C20H40N4O4. The van der Waals surface area contributed by atoms with Crippen LogP contribution in [-0.2, 0) is 14.2 Å². The van der Waals surface area contributed by atoms with Gasteiger partial charge in [0.25, 0.3) is 0 Å². The first kappa shape index (κ1) is 24.5. The summed E-state index contributed by atoms with van der Waals surface area (Å²) < 4.78 is 16.4. The van der Waals surface area contributed by atoms with Gasteiger partial charge in [0.15, 0.2) is 5.96 Å². The molecule has 1 aliphatic heterocycles. The number of nitrogens with one attached hydrogen (secondary N) is 1. The van der Waals surface area contributed by atoms with Gasteiger partial charge in [0.2, 0.25) is 0 Å². The Bertz CT molecular complexity index is 471. The van der Waals surface area contributed by atoms with Crippen molar-refractivity contribution in [3.05, 3.63) is 0 Å². The van der Waals surface area contributed by atoms with Gasteiger partial charge in [0, 0.05) is 53.6 Å². The van der Waals surface area contributed by atoms with E-state index in [1.807, 2.05) is 20.8 Å². The third kappa shape index (κ3) is 10.1. The highest BCUT2D eigenvalue weighted by molar-refractivity contribution is 5.80. The van der Waals surface area contributed by atoms with Crippen molar-refractivity contribution in [3.8, 4) is 0 Å². The molecule has 0 aromatic heterocycles. The fourth-order valence-corrected chi connectivity index (χ4v) is 2.85. The number of carbonyl (C=O) groups is 1. The zero-order chi connectivity index (χ0) is 21.0. The second-order valence-electron chi connectivity index (χ2n) is 8.04. The van der Waals surface area contributed by atoms with Crippen LogP contribution in [-0.4, -0.2) is 93.7 Å². The fourth-order valence-electron chi connectivity index (χ4n) is 2.85. The Morgan fingerprint density at radius 3 is 2.50 bits per heavy atom. The number of ether oxygens (including phenoxy) is 3. The molecule has 0 spiro atoms. The molecule has 1 heterocycles. The van der Waals surface area contributed by atoms with E-state index in [4.69, 9.17) is 19.2 Å². The molecule has 0 aliphatic carbocycles. The predicted molar refractivity (Wildman–Crippen MR) is 112 cm³/mol. The van der Waals surface area contributed by atoms with Crippen LogP contribution in [0.2, 0.25) is 0 Å². The number of hydrogen-bond acceptors (Lipinski definition) is 5. The van der Waals surface area contributed by atoms with Gasteiger partial charge < -0.3 is 29.3 Å². The fraction of sp³-hybridized carbons (Fsp3) is 0.900. The number of carbonyl (C=O) groups excluding carboxylic acids is 1. The van der Waals surface area contributed by atoms with Crippen LogP contribution in [0, 0.1) is 0 Å². The van der Waals surface area contributed by atoms with E-state index in [9.17, 15) is 4.79 Å². The lowest BCUT2D eigenvalue weighted by molar-refractivity contribution is 0.00985. The monoisotopic (exact) mass is 400 g/mol. The Morgan fingerprint density at radius 1 is 1.25 bits per heavy atom. The molecule has 28 heavy (non-hydrogen) atoms. The largest absolute Gasteiger partial charge is 0.444 e. The molecule has 0 aromatic rings. The molecule has 8 heteroatoms. The molecule has 0 bridgehead atoms. The summed E-state index contributed by atoms with van der Waals surface area (Å²) in [5.41, 5.74) is -0.487. The third-order valence-electron chi connectivity index (χ3n) is 4.32. The first-order chi connectivity index (χ1) is 13.3. The van der Waals surface area contributed by atoms with Crippen molar-refractivity contribution in [2.24, 2.45) is 4.99 Å². The van der Waals surface area contributed by atoms with E-state index in [1.165, 1.54) is 0 Å². The first-order valence-electron chi connectivity index (χ1n) is 10.3. The quantitative estimate of drug-likeness (QED) is 0.364. The molecule has 8 nitrogen and oxygen atoms in total. The minimum absolute atomic E-state index is 0.314. The van der Waals surface area contributed by atoms with E-state index in [2.05, 4.69) is 17.1 Å². The van der Waals surface area contributed by atoms with Gasteiger partial charge in [-0.1, -0.05) is 0 Å². The summed E-state index contributed by atoms with van der Waals surface area (Å²) in [7, 11) is 3.45. The van der Waals surface area contributed by atoms with Crippen molar-refractivity contribution in [1.82, 2.24) is 15.1 Å². The van der Waals surface area contributed by atoms with E-state index >= 15 is 0 Å². The highest BCUT2D eigenvalue weighted by Gasteiger charge is 2.22. The lowest BCUT2D eigenvalue weighted by atomic mass is 10.1. The van der Waals surface area contributed by atoms with Gasteiger partial charge in [-0.05, 0) is 47.0 Å². The van der Waals surface area contributed by atoms with Crippen LogP contribution in [0.15, 0.2) is 4.99 Å². The average Bonchev–Trinajstić information content (AvgIpc) is 2.63. The van der Waals surface area contributed by atoms with Gasteiger partial charge in [-0.25, -0.2) is 4.79 Å². The standard InChI is InChI=1S/C20H40N4O4/c1-7-21-18(22-11-14-23(5)19(25)28-20(2,3)4)24-12-9-17(10-13-24)27-16-8-15-26-6/h17H,7-16H2,1-6H3,(H,21,22). The van der Waals surface area contributed by atoms with Crippen LogP contribution in [0.1, 0.15) is 47.0 Å². The summed E-state index contributed by atoms with van der Waals surface area (Å²) in [5.74, 6) is 0.901. The number of methoxy groups -OCH3 is 1. The second-order valence-corrected chi connectivity index (χ2v) is 8.04. The maximum absolute atomic E-state index is 12.0. The number of aliphatic imine (C=N–C) groups is 1. The smallest absolute Gasteiger partial charge is 0.410 e. The lowest BCUT2D eigenvalue weighted by Gasteiger charge is -2.34. The maximum atomic E-state index is 12.0. The zero-order valence-corrected chi connectivity index (χ0v) is 18.6. The normalized spacial score (nSPS) is 16.2. The molecule has 1 aliphatic rings. The molecule has 1 saturated heterocycles. The molecule has 0 saturated carbocycles. The summed E-state index contributed by atoms with van der Waals surface area (Å²) in [6.45, 7) is 12.9. The van der Waals surface area contributed by atoms with E-state index < -0.39 is 5.60 Å². The van der Waals surface area contributed by atoms with Crippen LogP contribution in [0.3, 0.4) is 0 Å². The van der Waals surface area contributed by atoms with E-state index in [1.54, 1.807) is 19.1 Å². The van der Waals surface area contributed by atoms with Crippen LogP contribution in [0.4, 0.5) is 4.79 Å². The van der Waals surface area contributed by atoms with Crippen LogP contribution >= 0.6 is 0 Å². The SMILES string of the molecule is CCNC(=NCCN(C)C(=O)OC(C)(C)C)N1CCC(OCCCOC)CC1. The highest BCUT2D eigenvalue weighted by atomic mass is 16.6. The molecule has 1 fully saturated rings. The van der Waals surface area contributed by atoms with Gasteiger partial charge in [-0.3, -0.25) is 4.99 Å². The summed E-state index contributed by atoms with van der Waals surface area (Å²) in [4.78, 5) is 20.6. The minimum Gasteiger partial charge on any atom is -0.444 e. The number of hydrogen-bond donors (Lipinski definition) is 1. The van der Waals surface area contributed by atoms with Gasteiger partial charge in [0.1, 0.15) is 5.60 Å². The lowest BCUT2D eigenvalue weighted by Crippen LogP contribution is -2.47. The molecule has 0 unspecified atom stereocenters. The molecule has 0 radical (unpaired) electrons. The van der Waals surface area contributed by atoms with Crippen LogP contribution in [0.5, 0.6) is 0 Å². The molecule has 164 valence electrons. The second kappa shape index (κ2) is 12.8. The van der Waals surface area contributed by atoms with E-state index in [0.29, 0.717) is 19.2 Å².